The van der Waals surface area contributed by atoms with Crippen molar-refractivity contribution in [3.63, 3.8) is 0 Å². The average molecular weight is 417 g/mol. The topological polar surface area (TPSA) is 78.4 Å². The lowest BCUT2D eigenvalue weighted by Crippen LogP contribution is -2.45. The monoisotopic (exact) mass is 416 g/mol. The number of aliphatic hydroxyl groups is 1. The molecule has 2 amide bonds. The normalized spacial score (nSPS) is 13.0. The van der Waals surface area contributed by atoms with Gasteiger partial charge in [0.2, 0.25) is 5.91 Å². The first-order chi connectivity index (χ1) is 12.7. The van der Waals surface area contributed by atoms with Gasteiger partial charge in [-0.3, -0.25) is 9.59 Å². The predicted octanol–water partition coefficient (Wildman–Crippen LogP) is 3.24. The minimum atomic E-state index is -1.38. The van der Waals surface area contributed by atoms with E-state index in [0.717, 1.165) is 12.1 Å². The maximum Gasteiger partial charge on any atom is 0.253 e. The molecule has 0 radical (unpaired) electrons. The van der Waals surface area contributed by atoms with Gasteiger partial charge in [0.15, 0.2) is 0 Å². The van der Waals surface area contributed by atoms with E-state index >= 15 is 0 Å². The summed E-state index contributed by atoms with van der Waals surface area (Å²) in [5, 5.41) is 15.0. The van der Waals surface area contributed by atoms with Gasteiger partial charge in [0.25, 0.3) is 5.91 Å². The van der Waals surface area contributed by atoms with Crippen LogP contribution in [0.25, 0.3) is 0 Å². The third-order valence-corrected chi connectivity index (χ3v) is 4.55. The molecule has 27 heavy (non-hydrogen) atoms. The minimum absolute atomic E-state index is 0.0616. The van der Waals surface area contributed by atoms with Crippen molar-refractivity contribution in [2.24, 2.45) is 0 Å². The van der Waals surface area contributed by atoms with E-state index in [1.54, 1.807) is 6.07 Å². The third-order valence-electron chi connectivity index (χ3n) is 3.73. The molecule has 144 valence electrons. The number of amides is 2. The van der Waals surface area contributed by atoms with E-state index in [9.17, 15) is 23.5 Å². The van der Waals surface area contributed by atoms with Crippen LogP contribution in [-0.4, -0.2) is 29.5 Å². The van der Waals surface area contributed by atoms with Crippen LogP contribution in [0.15, 0.2) is 36.4 Å². The Hall–Kier alpha value is -2.22. The van der Waals surface area contributed by atoms with Gasteiger partial charge in [-0.1, -0.05) is 35.3 Å². The molecule has 0 aliphatic carbocycles. The number of hydrogen-bond acceptors (Lipinski definition) is 3. The van der Waals surface area contributed by atoms with Crippen LogP contribution in [0.3, 0.4) is 0 Å². The second kappa shape index (κ2) is 9.12. The van der Waals surface area contributed by atoms with Crippen LogP contribution in [0, 0.1) is 11.6 Å². The van der Waals surface area contributed by atoms with E-state index < -0.39 is 35.6 Å². The van der Waals surface area contributed by atoms with E-state index in [0.29, 0.717) is 6.07 Å². The Bertz CT molecular complexity index is 864. The Morgan fingerprint density at radius 1 is 1.19 bits per heavy atom. The number of nitrogens with one attached hydrogen (secondary N) is 2. The molecule has 0 fully saturated rings. The van der Waals surface area contributed by atoms with Crippen LogP contribution in [0.5, 0.6) is 0 Å². The molecule has 0 spiro atoms. The second-order valence-electron chi connectivity index (χ2n) is 5.72. The third kappa shape index (κ3) is 5.38. The Kier molecular flexibility index (Phi) is 7.12. The van der Waals surface area contributed by atoms with Gasteiger partial charge in [0.05, 0.1) is 21.7 Å². The van der Waals surface area contributed by atoms with Crippen LogP contribution in [0.1, 0.15) is 28.9 Å². The molecular formula is C18H16Cl2F2N2O3. The summed E-state index contributed by atoms with van der Waals surface area (Å²) in [6.45, 7) is 1.11. The van der Waals surface area contributed by atoms with Gasteiger partial charge in [-0.15, -0.1) is 0 Å². The maximum atomic E-state index is 13.6. The van der Waals surface area contributed by atoms with Gasteiger partial charge in [0.1, 0.15) is 17.7 Å². The van der Waals surface area contributed by atoms with Gasteiger partial charge < -0.3 is 15.7 Å². The Labute approximate surface area is 164 Å². The smallest absolute Gasteiger partial charge is 0.253 e. The van der Waals surface area contributed by atoms with E-state index in [2.05, 4.69) is 10.6 Å². The van der Waals surface area contributed by atoms with E-state index in [1.165, 1.54) is 19.1 Å². The first kappa shape index (κ1) is 21.1. The van der Waals surface area contributed by atoms with Crippen molar-refractivity contribution in [3.8, 4) is 0 Å². The Balaban J connectivity index is 1.93. The molecule has 2 rings (SSSR count). The van der Waals surface area contributed by atoms with Crippen LogP contribution < -0.4 is 10.6 Å². The standard InChI is InChI=1S/C18H16Cl2F2N2O3/c1-9(24-18(27)12-3-2-4-13(19)16(12)20)17(26)23-8-15(25)11-6-5-10(21)7-14(11)22/h2-7,9,15,25H,8H2,1H3,(H,23,26)(H,24,27). The van der Waals surface area contributed by atoms with Crippen molar-refractivity contribution in [2.75, 3.05) is 6.54 Å². The zero-order chi connectivity index (χ0) is 20.1. The number of rotatable bonds is 6. The Morgan fingerprint density at radius 3 is 2.56 bits per heavy atom. The number of halogens is 4. The van der Waals surface area contributed by atoms with Gasteiger partial charge in [-0.25, -0.2) is 8.78 Å². The highest BCUT2D eigenvalue weighted by atomic mass is 35.5. The quantitative estimate of drug-likeness (QED) is 0.676. The highest BCUT2D eigenvalue weighted by Gasteiger charge is 2.21. The molecule has 0 bridgehead atoms. The fourth-order valence-corrected chi connectivity index (χ4v) is 2.64. The van der Waals surface area contributed by atoms with Gasteiger partial charge in [-0.05, 0) is 25.1 Å². The molecular weight excluding hydrogens is 401 g/mol. The highest BCUT2D eigenvalue weighted by molar-refractivity contribution is 6.43. The molecule has 0 aliphatic heterocycles. The summed E-state index contributed by atoms with van der Waals surface area (Å²) in [5.74, 6) is -2.91. The molecule has 0 saturated carbocycles. The van der Waals surface area contributed by atoms with E-state index in [1.807, 2.05) is 0 Å². The SMILES string of the molecule is CC(NC(=O)c1cccc(Cl)c1Cl)C(=O)NCC(O)c1ccc(F)cc1F. The van der Waals surface area contributed by atoms with Gasteiger partial charge in [0, 0.05) is 18.2 Å². The number of benzene rings is 2. The fraction of sp³-hybridized carbons (Fsp3) is 0.222. The average Bonchev–Trinajstić information content (AvgIpc) is 2.61. The number of aliphatic hydroxyl groups excluding tert-OH is 1. The first-order valence-corrected chi connectivity index (χ1v) is 8.62. The van der Waals surface area contributed by atoms with Crippen molar-refractivity contribution in [2.45, 2.75) is 19.1 Å². The van der Waals surface area contributed by atoms with Crippen LogP contribution in [0.2, 0.25) is 10.0 Å². The van der Waals surface area contributed by atoms with Gasteiger partial charge >= 0.3 is 0 Å². The van der Waals surface area contributed by atoms with Crippen molar-refractivity contribution in [1.82, 2.24) is 10.6 Å². The summed E-state index contributed by atoms with van der Waals surface area (Å²) in [6.07, 6.45) is -1.38. The Morgan fingerprint density at radius 2 is 1.89 bits per heavy atom. The number of hydrogen-bond donors (Lipinski definition) is 3. The zero-order valence-electron chi connectivity index (χ0n) is 14.1. The summed E-state index contributed by atoms with van der Waals surface area (Å²) in [4.78, 5) is 24.3. The molecule has 3 N–H and O–H groups in total. The van der Waals surface area contributed by atoms with Crippen LogP contribution in [-0.2, 0) is 4.79 Å². The summed E-state index contributed by atoms with van der Waals surface area (Å²) in [5.41, 5.74) is -0.0451. The number of carbonyl (C=O) groups excluding carboxylic acids is 2. The van der Waals surface area contributed by atoms with E-state index in [4.69, 9.17) is 23.2 Å². The molecule has 2 atom stereocenters. The summed E-state index contributed by atoms with van der Waals surface area (Å²) >= 11 is 11.8. The van der Waals surface area contributed by atoms with E-state index in [-0.39, 0.29) is 27.7 Å². The van der Waals surface area contributed by atoms with Crippen molar-refractivity contribution < 1.29 is 23.5 Å². The molecule has 2 aromatic carbocycles. The summed E-state index contributed by atoms with van der Waals surface area (Å²) in [6, 6.07) is 6.29. The molecule has 2 aromatic rings. The lowest BCUT2D eigenvalue weighted by molar-refractivity contribution is -0.123. The highest BCUT2D eigenvalue weighted by Crippen LogP contribution is 2.25. The molecule has 2 unspecified atom stereocenters. The van der Waals surface area contributed by atoms with Crippen molar-refractivity contribution >= 4 is 35.0 Å². The van der Waals surface area contributed by atoms with Crippen LogP contribution >= 0.6 is 23.2 Å². The summed E-state index contributed by atoms with van der Waals surface area (Å²) in [7, 11) is 0. The minimum Gasteiger partial charge on any atom is -0.386 e. The van der Waals surface area contributed by atoms with Crippen molar-refractivity contribution in [1.29, 1.82) is 0 Å². The van der Waals surface area contributed by atoms with Crippen LogP contribution in [0.4, 0.5) is 8.78 Å². The number of carbonyl (C=O) groups is 2. The lowest BCUT2D eigenvalue weighted by atomic mass is 10.1. The molecule has 9 heteroatoms. The fourth-order valence-electron chi connectivity index (χ4n) is 2.25. The molecule has 0 aliphatic rings. The zero-order valence-corrected chi connectivity index (χ0v) is 15.6. The molecule has 0 aromatic heterocycles. The predicted molar refractivity (Wildman–Crippen MR) is 97.7 cm³/mol. The lowest BCUT2D eigenvalue weighted by Gasteiger charge is -2.17. The molecule has 0 heterocycles. The van der Waals surface area contributed by atoms with Gasteiger partial charge in [-0.2, -0.15) is 0 Å². The first-order valence-electron chi connectivity index (χ1n) is 7.86. The largest absolute Gasteiger partial charge is 0.386 e. The second-order valence-corrected chi connectivity index (χ2v) is 6.51. The molecule has 0 saturated heterocycles. The summed E-state index contributed by atoms with van der Waals surface area (Å²) < 4.78 is 26.5. The maximum absolute atomic E-state index is 13.6. The molecule has 5 nitrogen and oxygen atoms in total. The van der Waals surface area contributed by atoms with Crippen molar-refractivity contribution in [3.05, 3.63) is 69.2 Å².